The van der Waals surface area contributed by atoms with Crippen molar-refractivity contribution in [1.29, 1.82) is 0 Å². The zero-order valence-corrected chi connectivity index (χ0v) is 13.4. The van der Waals surface area contributed by atoms with Crippen LogP contribution < -0.4 is 4.74 Å². The van der Waals surface area contributed by atoms with E-state index < -0.39 is 18.0 Å². The first-order chi connectivity index (χ1) is 11.4. The molecular weight excluding hydrogens is 334 g/mol. The fourth-order valence-corrected chi connectivity index (χ4v) is 2.05. The van der Waals surface area contributed by atoms with E-state index >= 15 is 0 Å². The highest BCUT2D eigenvalue weighted by atomic mass is 35.5. The van der Waals surface area contributed by atoms with Crippen molar-refractivity contribution in [3.05, 3.63) is 58.6 Å². The summed E-state index contributed by atoms with van der Waals surface area (Å²) in [5, 5.41) is 17.8. The smallest absolute Gasteiger partial charge is 0.344 e. The quantitative estimate of drug-likeness (QED) is 0.778. The first-order valence-corrected chi connectivity index (χ1v) is 7.31. The van der Waals surface area contributed by atoms with E-state index in [-0.39, 0.29) is 10.6 Å². The fourth-order valence-electron chi connectivity index (χ4n) is 1.79. The number of carboxylic acids is 2. The Kier molecular flexibility index (Phi) is 5.55. The van der Waals surface area contributed by atoms with Gasteiger partial charge in [0, 0.05) is 6.21 Å². The van der Waals surface area contributed by atoms with Crippen LogP contribution in [-0.2, 0) is 4.79 Å². The van der Waals surface area contributed by atoms with Crippen LogP contribution in [-0.4, -0.2) is 34.5 Å². The number of halogens is 1. The van der Waals surface area contributed by atoms with Gasteiger partial charge in [0.1, 0.15) is 5.75 Å². The number of aliphatic imine (C=N–C) groups is 1. The monoisotopic (exact) mass is 347 g/mol. The van der Waals surface area contributed by atoms with Crippen LogP contribution in [0.25, 0.3) is 0 Å². The highest BCUT2D eigenvalue weighted by Crippen LogP contribution is 2.23. The van der Waals surface area contributed by atoms with Crippen LogP contribution in [0.15, 0.2) is 47.5 Å². The van der Waals surface area contributed by atoms with Gasteiger partial charge in [-0.3, -0.25) is 4.99 Å². The normalized spacial score (nSPS) is 12.1. The van der Waals surface area contributed by atoms with E-state index in [2.05, 4.69) is 4.99 Å². The molecule has 2 aromatic rings. The maximum Gasteiger partial charge on any atom is 0.344 e. The predicted molar refractivity (Wildman–Crippen MR) is 89.8 cm³/mol. The summed E-state index contributed by atoms with van der Waals surface area (Å²) in [5.41, 5.74) is 1.30. The molecule has 0 heterocycles. The topological polar surface area (TPSA) is 96.2 Å². The van der Waals surface area contributed by atoms with Crippen LogP contribution in [0, 0.1) is 0 Å². The average Bonchev–Trinajstić information content (AvgIpc) is 2.53. The van der Waals surface area contributed by atoms with Crippen LogP contribution in [0.3, 0.4) is 0 Å². The van der Waals surface area contributed by atoms with E-state index in [0.717, 1.165) is 5.56 Å². The Labute approximate surface area is 143 Å². The first-order valence-electron chi connectivity index (χ1n) is 6.93. The number of aliphatic carboxylic acids is 1. The van der Waals surface area contributed by atoms with Gasteiger partial charge >= 0.3 is 11.9 Å². The van der Waals surface area contributed by atoms with E-state index in [1.54, 1.807) is 36.5 Å². The Balaban J connectivity index is 2.08. The largest absolute Gasteiger partial charge is 0.479 e. The number of carboxylic acid groups (broad SMARTS) is 2. The van der Waals surface area contributed by atoms with Gasteiger partial charge in [-0.1, -0.05) is 11.6 Å². The molecule has 1 atom stereocenters. The molecule has 0 aromatic heterocycles. The van der Waals surface area contributed by atoms with E-state index in [1.165, 1.54) is 19.1 Å². The molecule has 124 valence electrons. The minimum atomic E-state index is -1.10. The van der Waals surface area contributed by atoms with E-state index in [9.17, 15) is 9.59 Å². The van der Waals surface area contributed by atoms with Crippen molar-refractivity contribution < 1.29 is 24.5 Å². The number of hydrogen-bond acceptors (Lipinski definition) is 4. The number of rotatable bonds is 6. The summed E-state index contributed by atoms with van der Waals surface area (Å²) in [6.45, 7) is 1.45. The zero-order valence-electron chi connectivity index (χ0n) is 12.6. The highest BCUT2D eigenvalue weighted by Gasteiger charge is 2.12. The summed E-state index contributed by atoms with van der Waals surface area (Å²) >= 11 is 5.88. The number of hydrogen-bond donors (Lipinski definition) is 2. The standard InChI is InChI=1S/C17H14ClNO5/c1-10(16(20)21)24-13-5-2-11(3-6-13)9-19-12-4-7-14(17(22)23)15(18)8-12/h2-10H,1H3,(H,20,21)(H,22,23)/t10-/m1/s1. The van der Waals surface area contributed by atoms with Crippen molar-refractivity contribution in [2.75, 3.05) is 0 Å². The molecule has 0 saturated carbocycles. The molecule has 0 unspecified atom stereocenters. The summed E-state index contributed by atoms with van der Waals surface area (Å²) in [5.74, 6) is -1.69. The van der Waals surface area contributed by atoms with Gasteiger partial charge < -0.3 is 14.9 Å². The lowest BCUT2D eigenvalue weighted by molar-refractivity contribution is -0.144. The van der Waals surface area contributed by atoms with E-state index in [1.807, 2.05) is 0 Å². The molecular formula is C17H14ClNO5. The molecule has 6 nitrogen and oxygen atoms in total. The molecule has 0 aliphatic heterocycles. The first kappa shape index (κ1) is 17.5. The second kappa shape index (κ2) is 7.61. The fraction of sp³-hybridized carbons (Fsp3) is 0.118. The van der Waals surface area contributed by atoms with Gasteiger partial charge in [-0.25, -0.2) is 9.59 Å². The Bertz CT molecular complexity index is 786. The van der Waals surface area contributed by atoms with Crippen LogP contribution in [0.4, 0.5) is 5.69 Å². The summed E-state index contributed by atoms with van der Waals surface area (Å²) in [7, 11) is 0. The number of carbonyl (C=O) groups is 2. The number of aromatic carboxylic acids is 1. The minimum absolute atomic E-state index is 0.0182. The van der Waals surface area contributed by atoms with Crippen molar-refractivity contribution in [3.63, 3.8) is 0 Å². The Morgan fingerprint density at radius 1 is 1.17 bits per heavy atom. The third-order valence-corrected chi connectivity index (χ3v) is 3.40. The number of benzene rings is 2. The molecule has 0 saturated heterocycles. The lowest BCUT2D eigenvalue weighted by Crippen LogP contribution is -2.22. The van der Waals surface area contributed by atoms with Gasteiger partial charge in [-0.2, -0.15) is 0 Å². The summed E-state index contributed by atoms with van der Waals surface area (Å²) in [6.07, 6.45) is 0.649. The SMILES string of the molecule is C[C@@H](Oc1ccc(C=Nc2ccc(C(=O)O)c(Cl)c2)cc1)C(=O)O. The van der Waals surface area contributed by atoms with Crippen LogP contribution in [0.5, 0.6) is 5.75 Å². The predicted octanol–water partition coefficient (Wildman–Crippen LogP) is 3.64. The van der Waals surface area contributed by atoms with Crippen LogP contribution in [0.2, 0.25) is 5.02 Å². The molecule has 7 heteroatoms. The maximum atomic E-state index is 10.9. The zero-order chi connectivity index (χ0) is 17.7. The third kappa shape index (κ3) is 4.57. The van der Waals surface area contributed by atoms with Crippen LogP contribution >= 0.6 is 11.6 Å². The van der Waals surface area contributed by atoms with Gasteiger partial charge in [0.2, 0.25) is 0 Å². The third-order valence-electron chi connectivity index (χ3n) is 3.09. The van der Waals surface area contributed by atoms with Gasteiger partial charge in [-0.05, 0) is 55.0 Å². The second-order valence-corrected chi connectivity index (χ2v) is 5.30. The molecule has 2 rings (SSSR count). The molecule has 24 heavy (non-hydrogen) atoms. The van der Waals surface area contributed by atoms with Gasteiger partial charge in [0.15, 0.2) is 6.10 Å². The Morgan fingerprint density at radius 2 is 1.83 bits per heavy atom. The van der Waals surface area contributed by atoms with Crippen molar-refractivity contribution in [3.8, 4) is 5.75 Å². The van der Waals surface area contributed by atoms with Crippen molar-refractivity contribution in [1.82, 2.24) is 0 Å². The van der Waals surface area contributed by atoms with Gasteiger partial charge in [0.25, 0.3) is 0 Å². The molecule has 0 spiro atoms. The highest BCUT2D eigenvalue weighted by molar-refractivity contribution is 6.33. The van der Waals surface area contributed by atoms with Crippen molar-refractivity contribution in [2.45, 2.75) is 13.0 Å². The molecule has 0 fully saturated rings. The van der Waals surface area contributed by atoms with E-state index in [0.29, 0.717) is 11.4 Å². The Hall–Kier alpha value is -2.86. The molecule has 0 amide bonds. The summed E-state index contributed by atoms with van der Waals surface area (Å²) in [6, 6.07) is 11.1. The Morgan fingerprint density at radius 3 is 2.38 bits per heavy atom. The van der Waals surface area contributed by atoms with Crippen molar-refractivity contribution in [2.24, 2.45) is 4.99 Å². The molecule has 2 N–H and O–H groups in total. The maximum absolute atomic E-state index is 10.9. The lowest BCUT2D eigenvalue weighted by Gasteiger charge is -2.09. The number of ether oxygens (including phenoxy) is 1. The molecule has 0 aliphatic rings. The second-order valence-electron chi connectivity index (χ2n) is 4.89. The summed E-state index contributed by atoms with van der Waals surface area (Å²) in [4.78, 5) is 25.8. The lowest BCUT2D eigenvalue weighted by atomic mass is 10.2. The summed E-state index contributed by atoms with van der Waals surface area (Å²) < 4.78 is 5.23. The molecule has 2 aromatic carbocycles. The minimum Gasteiger partial charge on any atom is -0.479 e. The molecule has 0 aliphatic carbocycles. The number of nitrogens with zero attached hydrogens (tertiary/aromatic N) is 1. The van der Waals surface area contributed by atoms with Gasteiger partial charge in [-0.15, -0.1) is 0 Å². The van der Waals surface area contributed by atoms with E-state index in [4.69, 9.17) is 26.6 Å². The molecule has 0 radical (unpaired) electrons. The van der Waals surface area contributed by atoms with Crippen LogP contribution in [0.1, 0.15) is 22.8 Å². The van der Waals surface area contributed by atoms with Crippen molar-refractivity contribution >= 4 is 35.4 Å². The van der Waals surface area contributed by atoms with Gasteiger partial charge in [0.05, 0.1) is 16.3 Å². The average molecular weight is 348 g/mol. The molecule has 0 bridgehead atoms.